The number of hydrogen-bond donors (Lipinski definition) is 2. The van der Waals surface area contributed by atoms with E-state index in [0.717, 1.165) is 22.4 Å². The maximum absolute atomic E-state index is 12.5. The fourth-order valence-electron chi connectivity index (χ4n) is 3.79. The lowest BCUT2D eigenvalue weighted by Gasteiger charge is -2.18. The van der Waals surface area contributed by atoms with E-state index in [0.29, 0.717) is 19.4 Å². The largest absolute Gasteiger partial charge is 0.497 e. The van der Waals surface area contributed by atoms with Gasteiger partial charge in [0.25, 0.3) is 0 Å². The highest BCUT2D eigenvalue weighted by Crippen LogP contribution is 2.31. The number of nitrogens with zero attached hydrogens (tertiary/aromatic N) is 2. The van der Waals surface area contributed by atoms with Crippen LogP contribution in [-0.2, 0) is 18.3 Å². The van der Waals surface area contributed by atoms with Gasteiger partial charge in [-0.25, -0.2) is 0 Å². The molecule has 6 heteroatoms. The summed E-state index contributed by atoms with van der Waals surface area (Å²) in [5, 5.41) is 8.45. The summed E-state index contributed by atoms with van der Waals surface area (Å²) in [5.74, 6) is 0.892. The SMILES string of the molecule is COc1ccc(C(CNC(=O)CCc2cnn(C)c2)c2c[nH]c3ccccc23)cc1. The molecular formula is C24H26N4O2. The second-order valence-corrected chi connectivity index (χ2v) is 7.44. The van der Waals surface area contributed by atoms with Gasteiger partial charge in [-0.05, 0) is 41.3 Å². The third-order valence-electron chi connectivity index (χ3n) is 5.42. The molecule has 2 N–H and O–H groups in total. The predicted molar refractivity (Wildman–Crippen MR) is 118 cm³/mol. The second kappa shape index (κ2) is 8.86. The maximum Gasteiger partial charge on any atom is 0.220 e. The third kappa shape index (κ3) is 4.38. The van der Waals surface area contributed by atoms with Crippen molar-refractivity contribution >= 4 is 16.8 Å². The van der Waals surface area contributed by atoms with Crippen LogP contribution in [-0.4, -0.2) is 34.3 Å². The van der Waals surface area contributed by atoms with Gasteiger partial charge in [-0.2, -0.15) is 5.10 Å². The van der Waals surface area contributed by atoms with Crippen molar-refractivity contribution in [2.24, 2.45) is 7.05 Å². The van der Waals surface area contributed by atoms with E-state index >= 15 is 0 Å². The van der Waals surface area contributed by atoms with Gasteiger partial charge in [0.2, 0.25) is 5.91 Å². The smallest absolute Gasteiger partial charge is 0.220 e. The molecule has 30 heavy (non-hydrogen) atoms. The van der Waals surface area contributed by atoms with Crippen molar-refractivity contribution in [3.8, 4) is 5.75 Å². The van der Waals surface area contributed by atoms with Gasteiger partial charge < -0.3 is 15.0 Å². The number of carbonyl (C=O) groups excluding carboxylic acids is 1. The Balaban J connectivity index is 1.52. The molecule has 2 heterocycles. The highest BCUT2D eigenvalue weighted by molar-refractivity contribution is 5.84. The molecule has 1 unspecified atom stereocenters. The number of benzene rings is 2. The Bertz CT molecular complexity index is 1130. The zero-order valence-electron chi connectivity index (χ0n) is 17.3. The molecule has 0 bridgehead atoms. The standard InChI is InChI=1S/C24H26N4O2/c1-28-16-17(13-27-28)7-12-24(29)26-14-21(18-8-10-19(30-2)11-9-18)22-15-25-23-6-4-3-5-20(22)23/h3-6,8-11,13,15-16,21,25H,7,12,14H2,1-2H3,(H,26,29). The molecule has 2 aromatic heterocycles. The molecule has 0 saturated heterocycles. The van der Waals surface area contributed by atoms with E-state index in [9.17, 15) is 4.79 Å². The summed E-state index contributed by atoms with van der Waals surface area (Å²) < 4.78 is 7.05. The number of methoxy groups -OCH3 is 1. The van der Waals surface area contributed by atoms with Gasteiger partial charge in [0, 0.05) is 49.2 Å². The number of hydrogen-bond acceptors (Lipinski definition) is 3. The Hall–Kier alpha value is -3.54. The number of fused-ring (bicyclic) bond motifs is 1. The Kier molecular flexibility index (Phi) is 5.84. The van der Waals surface area contributed by atoms with E-state index < -0.39 is 0 Å². The Morgan fingerprint density at radius 2 is 2.00 bits per heavy atom. The highest BCUT2D eigenvalue weighted by Gasteiger charge is 2.19. The summed E-state index contributed by atoms with van der Waals surface area (Å²) in [6, 6.07) is 16.3. The molecule has 0 spiro atoms. The maximum atomic E-state index is 12.5. The van der Waals surface area contributed by atoms with Gasteiger partial charge >= 0.3 is 0 Å². The molecule has 0 aliphatic carbocycles. The number of ether oxygens (including phenoxy) is 1. The van der Waals surface area contributed by atoms with Crippen LogP contribution in [0.25, 0.3) is 10.9 Å². The van der Waals surface area contributed by atoms with Crippen LogP contribution < -0.4 is 10.1 Å². The molecule has 1 atom stereocenters. The molecule has 0 saturated carbocycles. The van der Waals surface area contributed by atoms with Gasteiger partial charge in [-0.15, -0.1) is 0 Å². The van der Waals surface area contributed by atoms with Crippen LogP contribution in [0.15, 0.2) is 67.1 Å². The van der Waals surface area contributed by atoms with Crippen LogP contribution in [0.3, 0.4) is 0 Å². The van der Waals surface area contributed by atoms with E-state index in [4.69, 9.17) is 4.74 Å². The summed E-state index contributed by atoms with van der Waals surface area (Å²) in [6.45, 7) is 0.528. The summed E-state index contributed by atoms with van der Waals surface area (Å²) in [5.41, 5.74) is 4.46. The van der Waals surface area contributed by atoms with E-state index in [1.807, 2.05) is 43.7 Å². The first-order valence-electron chi connectivity index (χ1n) is 10.1. The number of carbonyl (C=O) groups is 1. The molecule has 0 fully saturated rings. The van der Waals surface area contributed by atoms with Crippen LogP contribution in [0.2, 0.25) is 0 Å². The zero-order chi connectivity index (χ0) is 20.9. The number of para-hydroxylation sites is 1. The Morgan fingerprint density at radius 3 is 2.73 bits per heavy atom. The number of nitrogens with one attached hydrogen (secondary N) is 2. The lowest BCUT2D eigenvalue weighted by atomic mass is 9.90. The molecule has 1 amide bonds. The molecule has 154 valence electrons. The van der Waals surface area contributed by atoms with Crippen molar-refractivity contribution in [1.82, 2.24) is 20.1 Å². The topological polar surface area (TPSA) is 71.9 Å². The molecular weight excluding hydrogens is 376 g/mol. The summed E-state index contributed by atoms with van der Waals surface area (Å²) in [7, 11) is 3.54. The quantitative estimate of drug-likeness (QED) is 0.471. The normalized spacial score (nSPS) is 12.1. The fourth-order valence-corrected chi connectivity index (χ4v) is 3.79. The molecule has 0 aliphatic rings. The van der Waals surface area contributed by atoms with Gasteiger partial charge in [0.15, 0.2) is 0 Å². The third-order valence-corrected chi connectivity index (χ3v) is 5.42. The molecule has 4 rings (SSSR count). The average molecular weight is 402 g/mol. The zero-order valence-corrected chi connectivity index (χ0v) is 17.3. The monoisotopic (exact) mass is 402 g/mol. The minimum Gasteiger partial charge on any atom is -0.497 e. The van der Waals surface area contributed by atoms with E-state index in [-0.39, 0.29) is 11.8 Å². The first-order chi connectivity index (χ1) is 14.6. The van der Waals surface area contributed by atoms with Crippen molar-refractivity contribution < 1.29 is 9.53 Å². The summed E-state index contributed by atoms with van der Waals surface area (Å²) in [6.07, 6.45) is 6.91. The Labute approximate surface area is 175 Å². The molecule has 6 nitrogen and oxygen atoms in total. The van der Waals surface area contributed by atoms with E-state index in [1.165, 1.54) is 10.9 Å². The van der Waals surface area contributed by atoms with E-state index in [1.54, 1.807) is 18.0 Å². The number of aromatic nitrogens is 3. The van der Waals surface area contributed by atoms with Crippen molar-refractivity contribution in [2.75, 3.05) is 13.7 Å². The van der Waals surface area contributed by atoms with Crippen LogP contribution >= 0.6 is 0 Å². The van der Waals surface area contributed by atoms with Crippen LogP contribution in [0, 0.1) is 0 Å². The number of rotatable bonds is 8. The minimum absolute atomic E-state index is 0.0365. The van der Waals surface area contributed by atoms with Crippen LogP contribution in [0.5, 0.6) is 5.75 Å². The summed E-state index contributed by atoms with van der Waals surface area (Å²) >= 11 is 0. The highest BCUT2D eigenvalue weighted by atomic mass is 16.5. The number of aryl methyl sites for hydroxylation is 2. The predicted octanol–water partition coefficient (Wildman–Crippen LogP) is 3.79. The van der Waals surface area contributed by atoms with Gasteiger partial charge in [-0.1, -0.05) is 30.3 Å². The Morgan fingerprint density at radius 1 is 1.20 bits per heavy atom. The summed E-state index contributed by atoms with van der Waals surface area (Å²) in [4.78, 5) is 15.9. The van der Waals surface area contributed by atoms with E-state index in [2.05, 4.69) is 39.7 Å². The van der Waals surface area contributed by atoms with Crippen molar-refractivity contribution in [2.45, 2.75) is 18.8 Å². The number of H-pyrrole nitrogens is 1. The second-order valence-electron chi connectivity index (χ2n) is 7.44. The average Bonchev–Trinajstić information content (AvgIpc) is 3.39. The molecule has 0 radical (unpaired) electrons. The van der Waals surface area contributed by atoms with Crippen LogP contribution in [0.1, 0.15) is 29.0 Å². The molecule has 0 aliphatic heterocycles. The van der Waals surface area contributed by atoms with Crippen molar-refractivity contribution in [1.29, 1.82) is 0 Å². The van der Waals surface area contributed by atoms with Crippen LogP contribution in [0.4, 0.5) is 0 Å². The minimum atomic E-state index is 0.0365. The molecule has 2 aromatic carbocycles. The first-order valence-corrected chi connectivity index (χ1v) is 10.1. The molecule has 4 aromatic rings. The van der Waals surface area contributed by atoms with Crippen molar-refractivity contribution in [3.63, 3.8) is 0 Å². The number of amides is 1. The first kappa shape index (κ1) is 19.8. The lowest BCUT2D eigenvalue weighted by molar-refractivity contribution is -0.121. The lowest BCUT2D eigenvalue weighted by Crippen LogP contribution is -2.29. The van der Waals surface area contributed by atoms with Gasteiger partial charge in [0.1, 0.15) is 5.75 Å². The fraction of sp³-hybridized carbons (Fsp3) is 0.250. The van der Waals surface area contributed by atoms with Gasteiger partial charge in [0.05, 0.1) is 13.3 Å². The van der Waals surface area contributed by atoms with Crippen molar-refractivity contribution in [3.05, 3.63) is 83.8 Å². The number of aromatic amines is 1. The van der Waals surface area contributed by atoms with Gasteiger partial charge in [-0.3, -0.25) is 9.48 Å².